The third-order valence-electron chi connectivity index (χ3n) is 3.10. The van der Waals surface area contributed by atoms with Crippen molar-refractivity contribution < 1.29 is 4.74 Å². The molecule has 0 saturated carbocycles. The average Bonchev–Trinajstić information content (AvgIpc) is 2.42. The van der Waals surface area contributed by atoms with Crippen molar-refractivity contribution in [2.45, 2.75) is 13.8 Å². The largest absolute Gasteiger partial charge is 0.497 e. The number of methoxy groups -OCH3 is 1. The fourth-order valence-electron chi connectivity index (χ4n) is 2.06. The lowest BCUT2D eigenvalue weighted by Gasteiger charge is -2.13. The van der Waals surface area contributed by atoms with E-state index in [2.05, 4.69) is 11.1 Å². The summed E-state index contributed by atoms with van der Waals surface area (Å²) in [7, 11) is 1.62. The summed E-state index contributed by atoms with van der Waals surface area (Å²) in [4.78, 5) is 4.29. The summed E-state index contributed by atoms with van der Waals surface area (Å²) in [5.74, 6) is 0.767. The van der Waals surface area contributed by atoms with Gasteiger partial charge in [0.15, 0.2) is 0 Å². The molecule has 0 fully saturated rings. The molecule has 1 heterocycles. The van der Waals surface area contributed by atoms with Crippen LogP contribution in [0.5, 0.6) is 5.75 Å². The van der Waals surface area contributed by atoms with Crippen LogP contribution in [0.25, 0.3) is 11.1 Å². The van der Waals surface area contributed by atoms with Crippen LogP contribution >= 0.6 is 0 Å². The van der Waals surface area contributed by atoms with Gasteiger partial charge in [-0.25, -0.2) is 0 Å². The minimum atomic E-state index is 0.522. The van der Waals surface area contributed by atoms with E-state index >= 15 is 0 Å². The number of aromatic nitrogens is 1. The second-order valence-corrected chi connectivity index (χ2v) is 4.29. The van der Waals surface area contributed by atoms with Crippen LogP contribution in [-0.2, 0) is 0 Å². The molecule has 2 rings (SSSR count). The van der Waals surface area contributed by atoms with E-state index in [4.69, 9.17) is 10.5 Å². The van der Waals surface area contributed by atoms with Gasteiger partial charge in [0.05, 0.1) is 29.7 Å². The molecule has 0 aliphatic carbocycles. The first-order valence-corrected chi connectivity index (χ1v) is 5.89. The van der Waals surface area contributed by atoms with Gasteiger partial charge in [-0.05, 0) is 31.5 Å². The topological polar surface area (TPSA) is 71.9 Å². The zero-order chi connectivity index (χ0) is 14.0. The van der Waals surface area contributed by atoms with Crippen molar-refractivity contribution in [3.8, 4) is 22.9 Å². The highest BCUT2D eigenvalue weighted by Crippen LogP contribution is 2.33. The molecule has 4 nitrogen and oxygen atoms in total. The van der Waals surface area contributed by atoms with E-state index in [0.29, 0.717) is 16.9 Å². The molecule has 2 N–H and O–H groups in total. The van der Waals surface area contributed by atoms with Crippen LogP contribution in [0.1, 0.15) is 17.0 Å². The molecule has 4 heteroatoms. The van der Waals surface area contributed by atoms with E-state index in [1.165, 1.54) is 0 Å². The summed E-state index contributed by atoms with van der Waals surface area (Å²) < 4.78 is 5.13. The minimum absolute atomic E-state index is 0.522. The van der Waals surface area contributed by atoms with Crippen molar-refractivity contribution in [3.63, 3.8) is 0 Å². The molecule has 0 unspecified atom stereocenters. The standard InChI is InChI=1S/C15H15N3O/c1-9-13(8-16)14(15(17)10(2)18-9)11-4-6-12(19-3)7-5-11/h4-7H,17H2,1-3H3. The molecule has 0 bridgehead atoms. The number of hydrogen-bond donors (Lipinski definition) is 1. The number of nitrogens with zero attached hydrogens (tertiary/aromatic N) is 2. The zero-order valence-corrected chi connectivity index (χ0v) is 11.2. The van der Waals surface area contributed by atoms with Crippen LogP contribution in [0.15, 0.2) is 24.3 Å². The SMILES string of the molecule is COc1ccc(-c2c(N)c(C)nc(C)c2C#N)cc1. The Morgan fingerprint density at radius 2 is 1.79 bits per heavy atom. The predicted molar refractivity (Wildman–Crippen MR) is 74.8 cm³/mol. The first-order valence-electron chi connectivity index (χ1n) is 5.89. The highest BCUT2D eigenvalue weighted by Gasteiger charge is 2.15. The fraction of sp³-hybridized carbons (Fsp3) is 0.200. The van der Waals surface area contributed by atoms with Gasteiger partial charge in [-0.2, -0.15) is 5.26 Å². The molecular formula is C15H15N3O. The Kier molecular flexibility index (Phi) is 3.39. The molecule has 0 atom stereocenters. The minimum Gasteiger partial charge on any atom is -0.497 e. The van der Waals surface area contributed by atoms with Gasteiger partial charge in [0, 0.05) is 5.56 Å². The summed E-state index contributed by atoms with van der Waals surface area (Å²) in [6, 6.07) is 9.67. The maximum Gasteiger partial charge on any atom is 0.118 e. The molecule has 96 valence electrons. The molecule has 0 saturated heterocycles. The third kappa shape index (κ3) is 2.23. The van der Waals surface area contributed by atoms with Crippen LogP contribution < -0.4 is 10.5 Å². The summed E-state index contributed by atoms with van der Waals surface area (Å²) in [5, 5.41) is 9.31. The molecule has 0 spiro atoms. The van der Waals surface area contributed by atoms with Gasteiger partial charge in [0.25, 0.3) is 0 Å². The molecule has 0 aliphatic rings. The lowest BCUT2D eigenvalue weighted by molar-refractivity contribution is 0.415. The van der Waals surface area contributed by atoms with Crippen LogP contribution in [0.2, 0.25) is 0 Å². The molecule has 2 aromatic rings. The Balaban J connectivity index is 2.70. The smallest absolute Gasteiger partial charge is 0.118 e. The number of hydrogen-bond acceptors (Lipinski definition) is 4. The van der Waals surface area contributed by atoms with E-state index in [0.717, 1.165) is 22.6 Å². The number of anilines is 1. The normalized spacial score (nSPS) is 10.0. The Bertz CT molecular complexity index is 655. The number of nitriles is 1. The van der Waals surface area contributed by atoms with Crippen molar-refractivity contribution in [2.24, 2.45) is 0 Å². The quantitative estimate of drug-likeness (QED) is 0.893. The first-order chi connectivity index (χ1) is 9.08. The number of nitrogens with two attached hydrogens (primary N) is 1. The van der Waals surface area contributed by atoms with Gasteiger partial charge in [-0.1, -0.05) is 12.1 Å². The second kappa shape index (κ2) is 4.99. The Hall–Kier alpha value is -2.54. The van der Waals surface area contributed by atoms with Crippen molar-refractivity contribution >= 4 is 5.69 Å². The summed E-state index contributed by atoms with van der Waals surface area (Å²) in [6.45, 7) is 3.66. The van der Waals surface area contributed by atoms with Crippen LogP contribution in [-0.4, -0.2) is 12.1 Å². The molecule has 0 aliphatic heterocycles. The van der Waals surface area contributed by atoms with Gasteiger partial charge >= 0.3 is 0 Å². The van der Waals surface area contributed by atoms with Crippen LogP contribution in [0.3, 0.4) is 0 Å². The van der Waals surface area contributed by atoms with E-state index in [1.807, 2.05) is 38.1 Å². The summed E-state index contributed by atoms with van der Waals surface area (Å²) >= 11 is 0. The molecule has 19 heavy (non-hydrogen) atoms. The number of aryl methyl sites for hydroxylation is 2. The number of benzene rings is 1. The average molecular weight is 253 g/mol. The monoisotopic (exact) mass is 253 g/mol. The van der Waals surface area contributed by atoms with Crippen molar-refractivity contribution in [1.29, 1.82) is 5.26 Å². The molecule has 0 radical (unpaired) electrons. The second-order valence-electron chi connectivity index (χ2n) is 4.29. The van der Waals surface area contributed by atoms with Gasteiger partial charge < -0.3 is 10.5 Å². The van der Waals surface area contributed by atoms with E-state index in [-0.39, 0.29) is 0 Å². The predicted octanol–water partition coefficient (Wildman–Crippen LogP) is 2.83. The van der Waals surface area contributed by atoms with Crippen LogP contribution in [0.4, 0.5) is 5.69 Å². The van der Waals surface area contributed by atoms with Crippen molar-refractivity contribution in [2.75, 3.05) is 12.8 Å². The van der Waals surface area contributed by atoms with Gasteiger partial charge in [0.2, 0.25) is 0 Å². The molecular weight excluding hydrogens is 238 g/mol. The Morgan fingerprint density at radius 3 is 2.32 bits per heavy atom. The maximum absolute atomic E-state index is 9.31. The van der Waals surface area contributed by atoms with Crippen LogP contribution in [0, 0.1) is 25.2 Å². The number of ether oxygens (including phenoxy) is 1. The lowest BCUT2D eigenvalue weighted by Crippen LogP contribution is -2.02. The van der Waals surface area contributed by atoms with E-state index in [9.17, 15) is 5.26 Å². The number of nitrogen functional groups attached to an aromatic ring is 1. The maximum atomic E-state index is 9.31. The summed E-state index contributed by atoms with van der Waals surface area (Å²) in [5.41, 5.74) is 10.2. The molecule has 0 amide bonds. The zero-order valence-electron chi connectivity index (χ0n) is 11.2. The van der Waals surface area contributed by atoms with E-state index < -0.39 is 0 Å². The van der Waals surface area contributed by atoms with E-state index in [1.54, 1.807) is 7.11 Å². The highest BCUT2D eigenvalue weighted by atomic mass is 16.5. The fourth-order valence-corrected chi connectivity index (χ4v) is 2.06. The van der Waals surface area contributed by atoms with Crippen molar-refractivity contribution in [3.05, 3.63) is 41.2 Å². The highest BCUT2D eigenvalue weighted by molar-refractivity contribution is 5.83. The Labute approximate surface area is 112 Å². The first kappa shape index (κ1) is 12.9. The van der Waals surface area contributed by atoms with Crippen molar-refractivity contribution in [1.82, 2.24) is 4.98 Å². The number of pyridine rings is 1. The lowest BCUT2D eigenvalue weighted by atomic mass is 9.97. The van der Waals surface area contributed by atoms with Gasteiger partial charge in [-0.3, -0.25) is 4.98 Å². The number of rotatable bonds is 2. The molecule has 1 aromatic carbocycles. The Morgan fingerprint density at radius 1 is 1.16 bits per heavy atom. The van der Waals surface area contributed by atoms with Gasteiger partial charge in [0.1, 0.15) is 11.8 Å². The third-order valence-corrected chi connectivity index (χ3v) is 3.10. The molecule has 1 aromatic heterocycles. The summed E-state index contributed by atoms with van der Waals surface area (Å²) in [6.07, 6.45) is 0. The van der Waals surface area contributed by atoms with Gasteiger partial charge in [-0.15, -0.1) is 0 Å².